The fourth-order valence-electron chi connectivity index (χ4n) is 1.64. The Balaban J connectivity index is 2.27. The smallest absolute Gasteiger partial charge is 0.168 e. The second-order valence-electron chi connectivity index (χ2n) is 3.79. The minimum Gasteiger partial charge on any atom is -0.294 e. The first-order valence-corrected chi connectivity index (χ1v) is 6.76. The van der Waals surface area contributed by atoms with E-state index in [1.54, 1.807) is 24.3 Å². The molecule has 2 aromatic carbocycles. The van der Waals surface area contributed by atoms with Crippen LogP contribution in [-0.2, 0) is 6.42 Å². The Morgan fingerprint density at radius 1 is 1.17 bits per heavy atom. The normalized spacial score (nSPS) is 10.4. The number of Topliss-reactive ketones (excluding diaryl/α,β-unsaturated/α-hetero) is 1. The highest BCUT2D eigenvalue weighted by Gasteiger charge is 2.14. The molecule has 0 N–H and O–H groups in total. The number of carbonyl (C=O) groups excluding carboxylic acids is 1. The molecule has 0 heterocycles. The minimum atomic E-state index is -0.515. The van der Waals surface area contributed by atoms with E-state index >= 15 is 0 Å². The number of benzene rings is 2. The summed E-state index contributed by atoms with van der Waals surface area (Å²) >= 11 is 7.78. The second kappa shape index (κ2) is 5.80. The third-order valence-electron chi connectivity index (χ3n) is 2.56. The summed E-state index contributed by atoms with van der Waals surface area (Å²) in [5.41, 5.74) is 0.935. The van der Waals surface area contributed by atoms with Crippen LogP contribution < -0.4 is 0 Å². The number of hydrogen-bond donors (Lipinski definition) is 0. The molecule has 4 heteroatoms. The van der Waals surface area contributed by atoms with E-state index in [0.717, 1.165) is 3.57 Å². The standard InChI is InChI=1S/C14H9ClFIO/c15-11-6-3-4-9(14(11)16)8-13(18)10-5-1-2-7-12(10)17/h1-7H,8H2. The second-order valence-corrected chi connectivity index (χ2v) is 5.36. The largest absolute Gasteiger partial charge is 0.294 e. The van der Waals surface area contributed by atoms with E-state index in [2.05, 4.69) is 22.6 Å². The SMILES string of the molecule is O=C(Cc1cccc(Cl)c1F)c1ccccc1I. The van der Waals surface area contributed by atoms with Gasteiger partial charge in [0.25, 0.3) is 0 Å². The van der Waals surface area contributed by atoms with Gasteiger partial charge in [0.2, 0.25) is 0 Å². The molecule has 0 saturated heterocycles. The summed E-state index contributed by atoms with van der Waals surface area (Å²) < 4.78 is 14.6. The fourth-order valence-corrected chi connectivity index (χ4v) is 2.52. The van der Waals surface area contributed by atoms with Gasteiger partial charge in [0.15, 0.2) is 5.78 Å². The number of hydrogen-bond acceptors (Lipinski definition) is 1. The van der Waals surface area contributed by atoms with Crippen molar-refractivity contribution in [3.8, 4) is 0 Å². The van der Waals surface area contributed by atoms with Crippen LogP contribution in [0, 0.1) is 9.39 Å². The average molecular weight is 375 g/mol. The quantitative estimate of drug-likeness (QED) is 0.571. The third-order valence-corrected chi connectivity index (χ3v) is 3.79. The highest BCUT2D eigenvalue weighted by atomic mass is 127. The van der Waals surface area contributed by atoms with E-state index in [1.165, 1.54) is 6.07 Å². The van der Waals surface area contributed by atoms with Crippen LogP contribution >= 0.6 is 34.2 Å². The summed E-state index contributed by atoms with van der Waals surface area (Å²) in [4.78, 5) is 12.1. The molecular formula is C14H9ClFIO. The molecule has 1 nitrogen and oxygen atoms in total. The molecule has 92 valence electrons. The molecule has 2 rings (SSSR count). The average Bonchev–Trinajstić information content (AvgIpc) is 2.35. The molecule has 0 aliphatic rings. The van der Waals surface area contributed by atoms with Gasteiger partial charge in [-0.25, -0.2) is 4.39 Å². The van der Waals surface area contributed by atoms with Gasteiger partial charge in [-0.3, -0.25) is 4.79 Å². The molecule has 18 heavy (non-hydrogen) atoms. The number of ketones is 1. The molecule has 0 unspecified atom stereocenters. The van der Waals surface area contributed by atoms with Gasteiger partial charge in [-0.05, 0) is 40.3 Å². The Morgan fingerprint density at radius 3 is 2.61 bits per heavy atom. The van der Waals surface area contributed by atoms with Gasteiger partial charge < -0.3 is 0 Å². The highest BCUT2D eigenvalue weighted by molar-refractivity contribution is 14.1. The van der Waals surface area contributed by atoms with Crippen molar-refractivity contribution in [1.82, 2.24) is 0 Å². The van der Waals surface area contributed by atoms with Crippen molar-refractivity contribution in [2.75, 3.05) is 0 Å². The Hall–Kier alpha value is -0.940. The van der Waals surface area contributed by atoms with Gasteiger partial charge in [0.05, 0.1) is 5.02 Å². The summed E-state index contributed by atoms with van der Waals surface area (Å²) in [7, 11) is 0. The molecule has 0 spiro atoms. The van der Waals surface area contributed by atoms with Gasteiger partial charge in [-0.2, -0.15) is 0 Å². The van der Waals surface area contributed by atoms with Crippen molar-refractivity contribution in [2.45, 2.75) is 6.42 Å². The summed E-state index contributed by atoms with van der Waals surface area (Å²) in [5.74, 6) is -0.625. The Labute approximate surface area is 123 Å². The summed E-state index contributed by atoms with van der Waals surface area (Å²) in [5, 5.41) is 0.0445. The first-order chi connectivity index (χ1) is 8.59. The summed E-state index contributed by atoms with van der Waals surface area (Å²) in [6.07, 6.45) is 0.0202. The van der Waals surface area contributed by atoms with Crippen molar-refractivity contribution in [3.05, 3.63) is 68.0 Å². The zero-order chi connectivity index (χ0) is 13.1. The zero-order valence-electron chi connectivity index (χ0n) is 9.29. The lowest BCUT2D eigenvalue weighted by Crippen LogP contribution is -2.07. The summed E-state index contributed by atoms with van der Waals surface area (Å²) in [6.45, 7) is 0. The van der Waals surface area contributed by atoms with E-state index in [1.807, 2.05) is 12.1 Å². The van der Waals surface area contributed by atoms with Gasteiger partial charge in [-0.1, -0.05) is 41.9 Å². The minimum absolute atomic E-state index is 0.0202. The molecule has 0 aliphatic heterocycles. The number of rotatable bonds is 3. The van der Waals surface area contributed by atoms with Crippen LogP contribution in [0.4, 0.5) is 4.39 Å². The van der Waals surface area contributed by atoms with E-state index in [-0.39, 0.29) is 17.2 Å². The highest BCUT2D eigenvalue weighted by Crippen LogP contribution is 2.20. The molecule has 0 aliphatic carbocycles. The number of carbonyl (C=O) groups is 1. The molecule has 0 fully saturated rings. The van der Waals surface area contributed by atoms with Crippen LogP contribution in [0.15, 0.2) is 42.5 Å². The Bertz CT molecular complexity index is 598. The topological polar surface area (TPSA) is 17.1 Å². The van der Waals surface area contributed by atoms with Crippen molar-refractivity contribution >= 4 is 40.0 Å². The molecule has 0 atom stereocenters. The molecule has 0 saturated carbocycles. The molecule has 0 amide bonds. The first kappa shape index (κ1) is 13.5. The monoisotopic (exact) mass is 374 g/mol. The zero-order valence-corrected chi connectivity index (χ0v) is 12.2. The Morgan fingerprint density at radius 2 is 1.89 bits per heavy atom. The van der Waals surface area contributed by atoms with E-state index < -0.39 is 5.82 Å². The lowest BCUT2D eigenvalue weighted by Gasteiger charge is -2.05. The van der Waals surface area contributed by atoms with Crippen molar-refractivity contribution in [2.24, 2.45) is 0 Å². The lowest BCUT2D eigenvalue weighted by molar-refractivity contribution is 0.0991. The fraction of sp³-hybridized carbons (Fsp3) is 0.0714. The predicted octanol–water partition coefficient (Wildman–Crippen LogP) is 4.51. The first-order valence-electron chi connectivity index (χ1n) is 5.30. The van der Waals surface area contributed by atoms with Gasteiger partial charge in [0, 0.05) is 15.6 Å². The lowest BCUT2D eigenvalue weighted by atomic mass is 10.0. The van der Waals surface area contributed by atoms with Gasteiger partial charge >= 0.3 is 0 Å². The Kier molecular flexibility index (Phi) is 4.35. The molecule has 0 bridgehead atoms. The van der Waals surface area contributed by atoms with E-state index in [4.69, 9.17) is 11.6 Å². The molecule has 2 aromatic rings. The van der Waals surface area contributed by atoms with E-state index in [0.29, 0.717) is 11.1 Å². The maximum absolute atomic E-state index is 13.7. The molecule has 0 radical (unpaired) electrons. The van der Waals surface area contributed by atoms with Crippen LogP contribution in [0.3, 0.4) is 0 Å². The van der Waals surface area contributed by atoms with E-state index in [9.17, 15) is 9.18 Å². The van der Waals surface area contributed by atoms with Crippen molar-refractivity contribution < 1.29 is 9.18 Å². The van der Waals surface area contributed by atoms with Crippen LogP contribution in [0.25, 0.3) is 0 Å². The van der Waals surface area contributed by atoms with Gasteiger partial charge in [0.1, 0.15) is 5.82 Å². The van der Waals surface area contributed by atoms with Gasteiger partial charge in [-0.15, -0.1) is 0 Å². The van der Waals surface area contributed by atoms with Crippen molar-refractivity contribution in [1.29, 1.82) is 0 Å². The van der Waals surface area contributed by atoms with Crippen LogP contribution in [0.1, 0.15) is 15.9 Å². The third kappa shape index (κ3) is 2.90. The van der Waals surface area contributed by atoms with Crippen LogP contribution in [0.2, 0.25) is 5.02 Å². The maximum Gasteiger partial charge on any atom is 0.168 e. The van der Waals surface area contributed by atoms with Crippen LogP contribution in [0.5, 0.6) is 0 Å². The molecular weight excluding hydrogens is 366 g/mol. The van der Waals surface area contributed by atoms with Crippen molar-refractivity contribution in [3.63, 3.8) is 0 Å². The predicted molar refractivity (Wildman–Crippen MR) is 78.6 cm³/mol. The number of halogens is 3. The molecule has 0 aromatic heterocycles. The summed E-state index contributed by atoms with van der Waals surface area (Å²) in [6, 6.07) is 11.9. The maximum atomic E-state index is 13.7. The van der Waals surface area contributed by atoms with Crippen LogP contribution in [-0.4, -0.2) is 5.78 Å².